The van der Waals surface area contributed by atoms with Crippen LogP contribution in [0.1, 0.15) is 5.56 Å². The molecule has 0 aliphatic heterocycles. The fourth-order valence-electron chi connectivity index (χ4n) is 2.82. The van der Waals surface area contributed by atoms with Crippen LogP contribution in [0.25, 0.3) is 10.8 Å². The molecule has 3 aromatic carbocycles. The first-order chi connectivity index (χ1) is 13.3. The van der Waals surface area contributed by atoms with Crippen molar-refractivity contribution in [2.24, 2.45) is 0 Å². The first-order valence-electron chi connectivity index (χ1n) is 7.94. The van der Waals surface area contributed by atoms with Crippen molar-refractivity contribution < 1.29 is 32.3 Å². The van der Waals surface area contributed by atoms with Crippen LogP contribution < -0.4 is 10.1 Å². The van der Waals surface area contributed by atoms with Gasteiger partial charge in [0.2, 0.25) is 0 Å². The summed E-state index contributed by atoms with van der Waals surface area (Å²) in [6.07, 6.45) is 0. The number of fused-ring (bicyclic) bond motifs is 1. The van der Waals surface area contributed by atoms with Crippen molar-refractivity contribution in [3.63, 3.8) is 0 Å². The molecule has 0 aromatic heterocycles. The molecule has 8 nitrogen and oxygen atoms in total. The summed E-state index contributed by atoms with van der Waals surface area (Å²) in [5, 5.41) is 16.8. The Bertz CT molecular complexity index is 1120. The Morgan fingerprint density at radius 2 is 1.82 bits per heavy atom. The maximum atomic E-state index is 11.3. The zero-order valence-corrected chi connectivity index (χ0v) is 16.5. The van der Waals surface area contributed by atoms with E-state index < -0.39 is 10.1 Å². The fourth-order valence-corrected chi connectivity index (χ4v) is 3.85. The normalized spacial score (nSPS) is 11.6. The minimum absolute atomic E-state index is 0.195. The van der Waals surface area contributed by atoms with Gasteiger partial charge in [0.05, 0.1) is 24.0 Å². The Morgan fingerprint density at radius 3 is 2.50 bits per heavy atom. The minimum Gasteiger partial charge on any atom is -0.496 e. The van der Waals surface area contributed by atoms with Crippen molar-refractivity contribution in [3.8, 4) is 5.75 Å². The topological polar surface area (TPSA) is 114 Å². The zero-order valence-electron chi connectivity index (χ0n) is 14.9. The summed E-state index contributed by atoms with van der Waals surface area (Å²) in [6.45, 7) is 1.84. The van der Waals surface area contributed by atoms with Gasteiger partial charge < -0.3 is 10.1 Å². The van der Waals surface area contributed by atoms with Crippen molar-refractivity contribution in [2.45, 2.75) is 16.7 Å². The lowest BCUT2D eigenvalue weighted by Gasteiger charge is -2.14. The van der Waals surface area contributed by atoms with E-state index in [1.165, 1.54) is 18.2 Å². The second-order valence-electron chi connectivity index (χ2n) is 5.82. The second kappa shape index (κ2) is 8.35. The van der Waals surface area contributed by atoms with Crippen LogP contribution in [0, 0.1) is 6.92 Å². The molecular formula is C18H17NO7S2. The monoisotopic (exact) mass is 423 g/mol. The van der Waals surface area contributed by atoms with Gasteiger partial charge in [-0.05, 0) is 48.7 Å². The summed E-state index contributed by atoms with van der Waals surface area (Å²) in [7, 11) is -2.73. The predicted molar refractivity (Wildman–Crippen MR) is 105 cm³/mol. The highest BCUT2D eigenvalue weighted by atomic mass is 32.2. The van der Waals surface area contributed by atoms with Crippen molar-refractivity contribution in [2.75, 3.05) is 12.4 Å². The summed E-state index contributed by atoms with van der Waals surface area (Å²) in [5.74, 6) is 0.622. The first-order valence-corrected chi connectivity index (χ1v) is 10.1. The largest absolute Gasteiger partial charge is 0.496 e. The van der Waals surface area contributed by atoms with Crippen LogP contribution in [0.15, 0.2) is 58.3 Å². The Labute approximate surface area is 165 Å². The number of anilines is 2. The average Bonchev–Trinajstić information content (AvgIpc) is 2.66. The SMILES string of the molecule is COc1c(C)c(SOOO)cc2ccc(Nc3cccc(S(=O)(=O)O)c3)cc12. The molecule has 3 aromatic rings. The van der Waals surface area contributed by atoms with E-state index in [4.69, 9.17) is 9.99 Å². The van der Waals surface area contributed by atoms with E-state index in [1.54, 1.807) is 13.2 Å². The lowest BCUT2D eigenvalue weighted by molar-refractivity contribution is -0.432. The maximum absolute atomic E-state index is 11.3. The Kier molecular flexibility index (Phi) is 6.08. The molecule has 0 radical (unpaired) electrons. The van der Waals surface area contributed by atoms with Crippen LogP contribution in [0.5, 0.6) is 5.75 Å². The molecule has 0 saturated carbocycles. The number of methoxy groups -OCH3 is 1. The molecular weight excluding hydrogens is 406 g/mol. The highest BCUT2D eigenvalue weighted by Gasteiger charge is 2.14. The quantitative estimate of drug-likeness (QED) is 0.217. The van der Waals surface area contributed by atoms with E-state index in [0.29, 0.717) is 22.0 Å². The number of hydrogen-bond acceptors (Lipinski definition) is 8. The first kappa shape index (κ1) is 20.4. The maximum Gasteiger partial charge on any atom is 0.294 e. The number of benzene rings is 3. The number of nitrogens with one attached hydrogen (secondary N) is 1. The van der Waals surface area contributed by atoms with Gasteiger partial charge in [-0.2, -0.15) is 8.42 Å². The van der Waals surface area contributed by atoms with E-state index >= 15 is 0 Å². The average molecular weight is 423 g/mol. The standard InChI is InChI=1S/C18H17NO7S2/c1-11-17(27-26-25-20)8-12-6-7-14(10-16(12)18(11)24-2)19-13-4-3-5-15(9-13)28(21,22)23/h3-10,19-20H,1-2H3,(H,21,22,23). The van der Waals surface area contributed by atoms with Gasteiger partial charge in [0.25, 0.3) is 10.1 Å². The Balaban J connectivity index is 2.00. The van der Waals surface area contributed by atoms with E-state index in [1.807, 2.05) is 31.2 Å². The Hall–Kier alpha value is -2.34. The van der Waals surface area contributed by atoms with Gasteiger partial charge in [0, 0.05) is 27.2 Å². The number of ether oxygens (including phenoxy) is 1. The van der Waals surface area contributed by atoms with Crippen molar-refractivity contribution in [1.29, 1.82) is 0 Å². The highest BCUT2D eigenvalue weighted by Crippen LogP contribution is 2.38. The smallest absolute Gasteiger partial charge is 0.294 e. The van der Waals surface area contributed by atoms with Gasteiger partial charge in [-0.3, -0.25) is 4.55 Å². The van der Waals surface area contributed by atoms with E-state index in [9.17, 15) is 13.0 Å². The molecule has 0 aliphatic carbocycles. The van der Waals surface area contributed by atoms with Gasteiger partial charge >= 0.3 is 0 Å². The van der Waals surface area contributed by atoms with Crippen LogP contribution in [0.2, 0.25) is 0 Å². The van der Waals surface area contributed by atoms with Crippen LogP contribution in [-0.4, -0.2) is 25.3 Å². The van der Waals surface area contributed by atoms with Crippen LogP contribution >= 0.6 is 12.0 Å². The van der Waals surface area contributed by atoms with Crippen molar-refractivity contribution >= 4 is 44.3 Å². The van der Waals surface area contributed by atoms with Gasteiger partial charge in [-0.15, -0.1) is 4.33 Å². The molecule has 0 unspecified atom stereocenters. The van der Waals surface area contributed by atoms with Gasteiger partial charge in [0.15, 0.2) is 0 Å². The minimum atomic E-state index is -4.28. The number of hydrogen-bond donors (Lipinski definition) is 3. The molecule has 0 bridgehead atoms. The van der Waals surface area contributed by atoms with Gasteiger partial charge in [-0.25, -0.2) is 5.26 Å². The van der Waals surface area contributed by atoms with Crippen LogP contribution in [-0.2, 0) is 19.5 Å². The summed E-state index contributed by atoms with van der Waals surface area (Å²) in [4.78, 5) is 0.513. The van der Waals surface area contributed by atoms with Gasteiger partial charge in [-0.1, -0.05) is 17.2 Å². The molecule has 0 aliphatic rings. The molecule has 3 N–H and O–H groups in total. The van der Waals surface area contributed by atoms with Gasteiger partial charge in [0.1, 0.15) is 5.75 Å². The molecule has 28 heavy (non-hydrogen) atoms. The third kappa shape index (κ3) is 4.38. The fraction of sp³-hybridized carbons (Fsp3) is 0.111. The zero-order chi connectivity index (χ0) is 20.3. The van der Waals surface area contributed by atoms with Crippen molar-refractivity contribution in [3.05, 3.63) is 54.1 Å². The van der Waals surface area contributed by atoms with E-state index in [2.05, 4.69) is 14.7 Å². The summed E-state index contributed by atoms with van der Waals surface area (Å²) in [6, 6.07) is 13.3. The third-order valence-corrected chi connectivity index (χ3v) is 5.66. The van der Waals surface area contributed by atoms with E-state index in [0.717, 1.165) is 28.4 Å². The molecule has 0 atom stereocenters. The molecule has 0 amide bonds. The lowest BCUT2D eigenvalue weighted by Crippen LogP contribution is -1.99. The molecule has 0 saturated heterocycles. The molecule has 0 heterocycles. The molecule has 0 fully saturated rings. The molecule has 0 spiro atoms. The second-order valence-corrected chi connectivity index (χ2v) is 7.99. The molecule has 3 rings (SSSR count). The summed E-state index contributed by atoms with van der Waals surface area (Å²) >= 11 is 0.854. The third-order valence-electron chi connectivity index (χ3n) is 4.07. The van der Waals surface area contributed by atoms with Crippen LogP contribution in [0.4, 0.5) is 11.4 Å². The van der Waals surface area contributed by atoms with E-state index in [-0.39, 0.29) is 4.90 Å². The summed E-state index contributed by atoms with van der Waals surface area (Å²) < 4.78 is 41.9. The van der Waals surface area contributed by atoms with Crippen LogP contribution in [0.3, 0.4) is 0 Å². The summed E-state index contributed by atoms with van der Waals surface area (Å²) in [5.41, 5.74) is 2.00. The lowest BCUT2D eigenvalue weighted by atomic mass is 10.0. The van der Waals surface area contributed by atoms with Crippen molar-refractivity contribution in [1.82, 2.24) is 0 Å². The molecule has 10 heteroatoms. The molecule has 148 valence electrons. The highest BCUT2D eigenvalue weighted by molar-refractivity contribution is 7.94. The predicted octanol–water partition coefficient (Wildman–Crippen LogP) is 4.58. The number of rotatable bonds is 7. The Morgan fingerprint density at radius 1 is 1.07 bits per heavy atom.